The summed E-state index contributed by atoms with van der Waals surface area (Å²) < 4.78 is 38.0. The van der Waals surface area contributed by atoms with Gasteiger partial charge in [0.25, 0.3) is 0 Å². The van der Waals surface area contributed by atoms with Crippen molar-refractivity contribution in [2.45, 2.75) is 26.6 Å². The molecule has 1 N–H and O–H groups in total. The first-order chi connectivity index (χ1) is 9.36. The Morgan fingerprint density at radius 1 is 1.10 bits per heavy atom. The lowest BCUT2D eigenvalue weighted by molar-refractivity contribution is -0.137. The molecule has 0 aliphatic heterocycles. The predicted octanol–water partition coefficient (Wildman–Crippen LogP) is 4.33. The van der Waals surface area contributed by atoms with Gasteiger partial charge in [0, 0.05) is 24.1 Å². The lowest BCUT2D eigenvalue weighted by atomic mass is 10.1. The van der Waals surface area contributed by atoms with Crippen molar-refractivity contribution in [2.24, 2.45) is 0 Å². The third-order valence-corrected chi connectivity index (χ3v) is 3.02. The van der Waals surface area contributed by atoms with Crippen LogP contribution in [0.3, 0.4) is 0 Å². The Morgan fingerprint density at radius 3 is 2.45 bits per heavy atom. The number of pyridine rings is 1. The number of nitrogens with zero attached hydrogens (tertiary/aromatic N) is 1. The fourth-order valence-corrected chi connectivity index (χ4v) is 1.79. The van der Waals surface area contributed by atoms with E-state index in [4.69, 9.17) is 0 Å². The number of aromatic nitrogens is 1. The monoisotopic (exact) mass is 280 g/mol. The molecule has 5 heteroatoms. The quantitative estimate of drug-likeness (QED) is 0.905. The Balaban J connectivity index is 2.14. The van der Waals surface area contributed by atoms with E-state index in [1.807, 2.05) is 19.1 Å². The van der Waals surface area contributed by atoms with Crippen LogP contribution < -0.4 is 5.32 Å². The number of hydrogen-bond donors (Lipinski definition) is 1. The summed E-state index contributed by atoms with van der Waals surface area (Å²) in [6.45, 7) is 4.10. The summed E-state index contributed by atoms with van der Waals surface area (Å²) in [5, 5.41) is 3.02. The lowest BCUT2D eigenvalue weighted by Crippen LogP contribution is -2.07. The normalized spacial score (nSPS) is 11.4. The van der Waals surface area contributed by atoms with Crippen molar-refractivity contribution < 1.29 is 13.2 Å². The first-order valence-electron chi connectivity index (χ1n) is 6.19. The molecule has 0 saturated carbocycles. The summed E-state index contributed by atoms with van der Waals surface area (Å²) in [5.41, 5.74) is 2.45. The second-order valence-corrected chi connectivity index (χ2v) is 4.69. The zero-order valence-electron chi connectivity index (χ0n) is 11.3. The van der Waals surface area contributed by atoms with Gasteiger partial charge in [0.15, 0.2) is 0 Å². The van der Waals surface area contributed by atoms with E-state index in [0.717, 1.165) is 29.0 Å². The van der Waals surface area contributed by atoms with Gasteiger partial charge in [0.2, 0.25) is 0 Å². The molecule has 1 aromatic carbocycles. The Labute approximate surface area is 115 Å². The molecule has 0 fully saturated rings. The molecule has 0 saturated heterocycles. The highest BCUT2D eigenvalue weighted by Gasteiger charge is 2.30. The summed E-state index contributed by atoms with van der Waals surface area (Å²) in [4.78, 5) is 4.15. The van der Waals surface area contributed by atoms with E-state index < -0.39 is 11.7 Å². The van der Waals surface area contributed by atoms with Crippen LogP contribution in [0.15, 0.2) is 36.5 Å². The molecule has 0 unspecified atom stereocenters. The van der Waals surface area contributed by atoms with Gasteiger partial charge in [-0.25, -0.2) is 0 Å². The first-order valence-corrected chi connectivity index (χ1v) is 6.19. The van der Waals surface area contributed by atoms with Gasteiger partial charge in [-0.05, 0) is 43.2 Å². The van der Waals surface area contributed by atoms with Gasteiger partial charge >= 0.3 is 6.18 Å². The fourth-order valence-electron chi connectivity index (χ4n) is 1.79. The molecular weight excluding hydrogens is 265 g/mol. The molecule has 106 valence electrons. The van der Waals surface area contributed by atoms with Crippen LogP contribution in [0.4, 0.5) is 18.9 Å². The van der Waals surface area contributed by atoms with Crippen molar-refractivity contribution in [1.82, 2.24) is 4.98 Å². The Hall–Kier alpha value is -2.04. The minimum atomic E-state index is -4.32. The van der Waals surface area contributed by atoms with Crippen molar-refractivity contribution in [2.75, 3.05) is 5.32 Å². The van der Waals surface area contributed by atoms with Crippen LogP contribution in [0.5, 0.6) is 0 Å². The first kappa shape index (κ1) is 14.4. The van der Waals surface area contributed by atoms with Crippen LogP contribution in [-0.2, 0) is 12.7 Å². The molecule has 1 heterocycles. The lowest BCUT2D eigenvalue weighted by Gasteiger charge is -2.13. The highest BCUT2D eigenvalue weighted by Crippen LogP contribution is 2.32. The number of aryl methyl sites for hydroxylation is 2. The van der Waals surface area contributed by atoms with Gasteiger partial charge in [-0.2, -0.15) is 13.2 Å². The molecule has 20 heavy (non-hydrogen) atoms. The maximum Gasteiger partial charge on any atom is 0.416 e. The molecule has 2 nitrogen and oxygen atoms in total. The van der Waals surface area contributed by atoms with E-state index in [2.05, 4.69) is 10.3 Å². The molecule has 0 radical (unpaired) electrons. The van der Waals surface area contributed by atoms with E-state index in [1.165, 1.54) is 6.07 Å². The Kier molecular flexibility index (Phi) is 3.97. The topological polar surface area (TPSA) is 24.9 Å². The molecule has 0 aliphatic rings. The molecule has 0 spiro atoms. The van der Waals surface area contributed by atoms with Crippen molar-refractivity contribution in [3.05, 3.63) is 58.9 Å². The van der Waals surface area contributed by atoms with E-state index in [1.54, 1.807) is 13.1 Å². The molecule has 0 atom stereocenters. The van der Waals surface area contributed by atoms with Crippen LogP contribution >= 0.6 is 0 Å². The van der Waals surface area contributed by atoms with Gasteiger partial charge in [0.1, 0.15) is 0 Å². The number of nitrogens with one attached hydrogen (secondary N) is 1. The second kappa shape index (κ2) is 5.53. The van der Waals surface area contributed by atoms with Crippen molar-refractivity contribution >= 4 is 5.69 Å². The molecule has 2 aromatic rings. The van der Waals surface area contributed by atoms with Gasteiger partial charge in [-0.15, -0.1) is 0 Å². The molecule has 1 aromatic heterocycles. The molecule has 0 bridgehead atoms. The Bertz CT molecular complexity index is 589. The summed E-state index contributed by atoms with van der Waals surface area (Å²) in [6.07, 6.45) is -2.61. The summed E-state index contributed by atoms with van der Waals surface area (Å²) >= 11 is 0. The second-order valence-electron chi connectivity index (χ2n) is 4.69. The van der Waals surface area contributed by atoms with Crippen LogP contribution in [0.25, 0.3) is 0 Å². The maximum atomic E-state index is 12.7. The van der Waals surface area contributed by atoms with Crippen LogP contribution in [-0.4, -0.2) is 4.98 Å². The van der Waals surface area contributed by atoms with E-state index in [0.29, 0.717) is 12.2 Å². The zero-order valence-corrected chi connectivity index (χ0v) is 11.3. The number of halogens is 3. The molecular formula is C15H15F3N2. The summed E-state index contributed by atoms with van der Waals surface area (Å²) in [5.74, 6) is 0. The van der Waals surface area contributed by atoms with E-state index >= 15 is 0 Å². The third kappa shape index (κ3) is 3.50. The number of rotatable bonds is 3. The molecule has 0 aliphatic carbocycles. The number of anilines is 1. The number of alkyl halides is 3. The van der Waals surface area contributed by atoms with Gasteiger partial charge < -0.3 is 5.32 Å². The SMILES string of the molecule is Cc1ccc(CNc2cc(C(F)(F)F)ccc2C)cn1. The maximum absolute atomic E-state index is 12.7. The smallest absolute Gasteiger partial charge is 0.381 e. The van der Waals surface area contributed by atoms with Crippen molar-refractivity contribution in [3.63, 3.8) is 0 Å². The van der Waals surface area contributed by atoms with Crippen molar-refractivity contribution in [1.29, 1.82) is 0 Å². The van der Waals surface area contributed by atoms with Crippen molar-refractivity contribution in [3.8, 4) is 0 Å². The van der Waals surface area contributed by atoms with Crippen LogP contribution in [0.2, 0.25) is 0 Å². The summed E-state index contributed by atoms with van der Waals surface area (Å²) in [7, 11) is 0. The van der Waals surface area contributed by atoms with E-state index in [9.17, 15) is 13.2 Å². The number of benzene rings is 1. The minimum Gasteiger partial charge on any atom is -0.381 e. The highest BCUT2D eigenvalue weighted by atomic mass is 19.4. The van der Waals surface area contributed by atoms with Gasteiger partial charge in [0.05, 0.1) is 5.56 Å². The third-order valence-electron chi connectivity index (χ3n) is 3.02. The fraction of sp³-hybridized carbons (Fsp3) is 0.267. The molecule has 0 amide bonds. The minimum absolute atomic E-state index is 0.440. The average molecular weight is 280 g/mol. The van der Waals surface area contributed by atoms with Gasteiger partial charge in [-0.1, -0.05) is 12.1 Å². The largest absolute Gasteiger partial charge is 0.416 e. The molecule has 2 rings (SSSR count). The predicted molar refractivity (Wildman–Crippen MR) is 72.5 cm³/mol. The number of hydrogen-bond acceptors (Lipinski definition) is 2. The Morgan fingerprint density at radius 2 is 1.85 bits per heavy atom. The van der Waals surface area contributed by atoms with Crippen LogP contribution in [0, 0.1) is 13.8 Å². The standard InChI is InChI=1S/C15H15F3N2/c1-10-3-6-13(15(16,17)18)7-14(10)20-9-12-5-4-11(2)19-8-12/h3-8,20H,9H2,1-2H3. The van der Waals surface area contributed by atoms with Crippen LogP contribution in [0.1, 0.15) is 22.4 Å². The zero-order chi connectivity index (χ0) is 14.8. The summed E-state index contributed by atoms with van der Waals surface area (Å²) in [6, 6.07) is 7.47. The highest BCUT2D eigenvalue weighted by molar-refractivity contribution is 5.53. The average Bonchev–Trinajstić information content (AvgIpc) is 2.38. The van der Waals surface area contributed by atoms with Gasteiger partial charge in [-0.3, -0.25) is 4.98 Å². The van der Waals surface area contributed by atoms with E-state index in [-0.39, 0.29) is 0 Å².